The summed E-state index contributed by atoms with van der Waals surface area (Å²) in [5.41, 5.74) is 1.52. The third kappa shape index (κ3) is 4.38. The van der Waals surface area contributed by atoms with Crippen LogP contribution in [0.4, 0.5) is 5.69 Å². The zero-order valence-electron chi connectivity index (χ0n) is 16.7. The number of hydrogen-bond acceptors (Lipinski definition) is 5. The van der Waals surface area contributed by atoms with Crippen LogP contribution >= 0.6 is 11.6 Å². The molecule has 0 aliphatic heterocycles. The standard InChI is InChI=1S/C21H20ClN5O3/c1-13-11-18(27(25-13)19-16(22)8-6-10-23-19)21(30)26(3)17-9-5-4-7-15(17)20(29)24-12-14(2)28/h4-11H,12H2,1-3H3,(H,24,29). The zero-order chi connectivity index (χ0) is 21.8. The lowest BCUT2D eigenvalue weighted by Crippen LogP contribution is -2.33. The summed E-state index contributed by atoms with van der Waals surface area (Å²) >= 11 is 6.24. The summed E-state index contributed by atoms with van der Waals surface area (Å²) in [6.45, 7) is 3.05. The van der Waals surface area contributed by atoms with Crippen LogP contribution < -0.4 is 10.2 Å². The molecule has 0 atom stereocenters. The van der Waals surface area contributed by atoms with Crippen LogP contribution in [0.5, 0.6) is 0 Å². The Morgan fingerprint density at radius 1 is 1.17 bits per heavy atom. The van der Waals surface area contributed by atoms with Crippen molar-refractivity contribution in [3.8, 4) is 5.82 Å². The summed E-state index contributed by atoms with van der Waals surface area (Å²) in [7, 11) is 1.56. The molecule has 0 aliphatic rings. The predicted octanol–water partition coefficient (Wildman–Crippen LogP) is 2.82. The van der Waals surface area contributed by atoms with Crippen molar-refractivity contribution in [1.82, 2.24) is 20.1 Å². The Balaban J connectivity index is 1.98. The van der Waals surface area contributed by atoms with E-state index in [4.69, 9.17) is 11.6 Å². The number of rotatable bonds is 6. The molecule has 0 fully saturated rings. The smallest absolute Gasteiger partial charge is 0.276 e. The summed E-state index contributed by atoms with van der Waals surface area (Å²) in [4.78, 5) is 42.6. The van der Waals surface area contributed by atoms with Gasteiger partial charge in [-0.15, -0.1) is 0 Å². The van der Waals surface area contributed by atoms with Crippen molar-refractivity contribution < 1.29 is 14.4 Å². The Labute approximate surface area is 178 Å². The maximum atomic E-state index is 13.3. The van der Waals surface area contributed by atoms with Crippen LogP contribution in [-0.2, 0) is 4.79 Å². The van der Waals surface area contributed by atoms with Crippen molar-refractivity contribution in [2.24, 2.45) is 0 Å². The first-order valence-electron chi connectivity index (χ1n) is 9.12. The molecule has 0 saturated heterocycles. The van der Waals surface area contributed by atoms with Crippen molar-refractivity contribution in [2.75, 3.05) is 18.5 Å². The van der Waals surface area contributed by atoms with E-state index in [0.717, 1.165) is 0 Å². The average molecular weight is 426 g/mol. The van der Waals surface area contributed by atoms with Gasteiger partial charge in [-0.3, -0.25) is 14.4 Å². The van der Waals surface area contributed by atoms with Gasteiger partial charge < -0.3 is 10.2 Å². The van der Waals surface area contributed by atoms with E-state index in [2.05, 4.69) is 15.4 Å². The van der Waals surface area contributed by atoms with Crippen molar-refractivity contribution in [2.45, 2.75) is 13.8 Å². The highest BCUT2D eigenvalue weighted by Crippen LogP contribution is 2.24. The number of hydrogen-bond donors (Lipinski definition) is 1. The van der Waals surface area contributed by atoms with Crippen LogP contribution in [-0.4, -0.2) is 46.0 Å². The lowest BCUT2D eigenvalue weighted by molar-refractivity contribution is -0.116. The molecule has 0 spiro atoms. The number of aromatic nitrogens is 3. The molecule has 0 unspecified atom stereocenters. The molecular formula is C21H20ClN5O3. The molecule has 2 amide bonds. The van der Waals surface area contributed by atoms with Crippen LogP contribution in [0.1, 0.15) is 33.5 Å². The van der Waals surface area contributed by atoms with Gasteiger partial charge in [-0.1, -0.05) is 23.7 Å². The summed E-state index contributed by atoms with van der Waals surface area (Å²) < 4.78 is 1.38. The van der Waals surface area contributed by atoms with E-state index in [1.807, 2.05) is 0 Å². The molecule has 0 saturated carbocycles. The number of aryl methyl sites for hydroxylation is 1. The van der Waals surface area contributed by atoms with E-state index < -0.39 is 11.8 Å². The second-order valence-corrected chi connectivity index (χ2v) is 7.06. The molecule has 3 rings (SSSR count). The molecule has 2 aromatic heterocycles. The number of carbonyl (C=O) groups is 3. The Kier molecular flexibility index (Phi) is 6.27. The highest BCUT2D eigenvalue weighted by atomic mass is 35.5. The Morgan fingerprint density at radius 2 is 1.90 bits per heavy atom. The van der Waals surface area contributed by atoms with Crippen LogP contribution in [0.3, 0.4) is 0 Å². The van der Waals surface area contributed by atoms with Crippen molar-refractivity contribution in [3.63, 3.8) is 0 Å². The van der Waals surface area contributed by atoms with Gasteiger partial charge in [0.2, 0.25) is 0 Å². The van der Waals surface area contributed by atoms with Crippen LogP contribution in [0.2, 0.25) is 5.02 Å². The predicted molar refractivity (Wildman–Crippen MR) is 113 cm³/mol. The normalized spacial score (nSPS) is 10.5. The minimum Gasteiger partial charge on any atom is -0.345 e. The van der Waals surface area contributed by atoms with Gasteiger partial charge in [0.25, 0.3) is 11.8 Å². The average Bonchev–Trinajstić information content (AvgIpc) is 3.12. The number of nitrogens with zero attached hydrogens (tertiary/aromatic N) is 4. The lowest BCUT2D eigenvalue weighted by atomic mass is 10.1. The fraction of sp³-hybridized carbons (Fsp3) is 0.190. The third-order valence-corrected chi connectivity index (χ3v) is 4.60. The van der Waals surface area contributed by atoms with Gasteiger partial charge >= 0.3 is 0 Å². The number of anilines is 1. The Bertz CT molecular complexity index is 1130. The molecular weight excluding hydrogens is 406 g/mol. The van der Waals surface area contributed by atoms with E-state index in [1.165, 1.54) is 16.5 Å². The van der Waals surface area contributed by atoms with Gasteiger partial charge in [-0.25, -0.2) is 9.67 Å². The number of nitrogens with one attached hydrogen (secondary N) is 1. The zero-order valence-corrected chi connectivity index (χ0v) is 17.5. The number of halogens is 1. The number of ketones is 1. The molecule has 1 aromatic carbocycles. The fourth-order valence-electron chi connectivity index (χ4n) is 2.89. The highest BCUT2D eigenvalue weighted by Gasteiger charge is 2.24. The first-order chi connectivity index (χ1) is 14.3. The number of Topliss-reactive ketones (excluding diaryl/α,β-unsaturated/α-hetero) is 1. The molecule has 8 nitrogen and oxygen atoms in total. The van der Waals surface area contributed by atoms with E-state index in [-0.39, 0.29) is 23.6 Å². The third-order valence-electron chi connectivity index (χ3n) is 4.30. The number of pyridine rings is 1. The molecule has 0 bridgehead atoms. The van der Waals surface area contributed by atoms with E-state index >= 15 is 0 Å². The van der Waals surface area contributed by atoms with Gasteiger partial charge in [0.15, 0.2) is 5.82 Å². The number of para-hydroxylation sites is 1. The van der Waals surface area contributed by atoms with Crippen molar-refractivity contribution in [1.29, 1.82) is 0 Å². The summed E-state index contributed by atoms with van der Waals surface area (Å²) in [5.74, 6) is -0.685. The summed E-state index contributed by atoms with van der Waals surface area (Å²) in [6, 6.07) is 11.6. The lowest BCUT2D eigenvalue weighted by Gasteiger charge is -2.20. The van der Waals surface area contributed by atoms with E-state index in [9.17, 15) is 14.4 Å². The second-order valence-electron chi connectivity index (χ2n) is 6.66. The monoisotopic (exact) mass is 425 g/mol. The first-order valence-corrected chi connectivity index (χ1v) is 9.49. The van der Waals surface area contributed by atoms with Crippen molar-refractivity contribution in [3.05, 3.63) is 70.6 Å². The van der Waals surface area contributed by atoms with Crippen LogP contribution in [0.25, 0.3) is 5.82 Å². The van der Waals surface area contributed by atoms with Crippen LogP contribution in [0, 0.1) is 6.92 Å². The quantitative estimate of drug-likeness (QED) is 0.655. The Morgan fingerprint density at radius 3 is 2.60 bits per heavy atom. The molecule has 9 heteroatoms. The maximum absolute atomic E-state index is 13.3. The summed E-state index contributed by atoms with van der Waals surface area (Å²) in [5, 5.41) is 7.25. The largest absolute Gasteiger partial charge is 0.345 e. The number of carbonyl (C=O) groups excluding carboxylic acids is 3. The minimum atomic E-state index is -0.446. The molecule has 0 radical (unpaired) electrons. The molecule has 0 aliphatic carbocycles. The van der Waals surface area contributed by atoms with Crippen LogP contribution in [0.15, 0.2) is 48.7 Å². The highest BCUT2D eigenvalue weighted by molar-refractivity contribution is 6.32. The fourth-order valence-corrected chi connectivity index (χ4v) is 3.09. The molecule has 1 N–H and O–H groups in total. The summed E-state index contributed by atoms with van der Waals surface area (Å²) in [6.07, 6.45) is 1.56. The number of amides is 2. The topological polar surface area (TPSA) is 97.2 Å². The van der Waals surface area contributed by atoms with E-state index in [0.29, 0.717) is 22.2 Å². The Hall–Kier alpha value is -3.52. The molecule has 2 heterocycles. The van der Waals surface area contributed by atoms with Gasteiger partial charge in [0, 0.05) is 13.2 Å². The van der Waals surface area contributed by atoms with E-state index in [1.54, 1.807) is 62.6 Å². The van der Waals surface area contributed by atoms with Gasteiger partial charge in [0.1, 0.15) is 11.5 Å². The van der Waals surface area contributed by atoms with Gasteiger partial charge in [-0.05, 0) is 44.2 Å². The molecule has 154 valence electrons. The maximum Gasteiger partial charge on any atom is 0.276 e. The minimum absolute atomic E-state index is 0.0883. The van der Waals surface area contributed by atoms with Gasteiger partial charge in [0.05, 0.1) is 28.5 Å². The SMILES string of the molecule is CC(=O)CNC(=O)c1ccccc1N(C)C(=O)c1cc(C)nn1-c1ncccc1Cl. The second kappa shape index (κ2) is 8.87. The van der Waals surface area contributed by atoms with Crippen molar-refractivity contribution >= 4 is 34.9 Å². The van der Waals surface area contributed by atoms with Gasteiger partial charge in [-0.2, -0.15) is 5.10 Å². The molecule has 30 heavy (non-hydrogen) atoms. The molecule has 3 aromatic rings. The number of benzene rings is 1. The first kappa shape index (κ1) is 21.2.